The van der Waals surface area contributed by atoms with Crippen LogP contribution in [0.15, 0.2) is 0 Å². The van der Waals surface area contributed by atoms with Crippen molar-refractivity contribution >= 4 is 17.8 Å². The summed E-state index contributed by atoms with van der Waals surface area (Å²) in [6.07, 6.45) is 1.92. The Bertz CT molecular complexity index is 336. The van der Waals surface area contributed by atoms with E-state index in [0.29, 0.717) is 12.8 Å². The van der Waals surface area contributed by atoms with Crippen LogP contribution in [-0.2, 0) is 14.4 Å². The second-order valence-electron chi connectivity index (χ2n) is 4.54. The van der Waals surface area contributed by atoms with E-state index in [-0.39, 0.29) is 24.8 Å². The summed E-state index contributed by atoms with van der Waals surface area (Å²) < 4.78 is 0. The Labute approximate surface area is 100.0 Å². The van der Waals surface area contributed by atoms with Crippen LogP contribution in [0.3, 0.4) is 0 Å². The first-order chi connectivity index (χ1) is 7.91. The van der Waals surface area contributed by atoms with E-state index in [1.165, 1.54) is 19.0 Å². The highest BCUT2D eigenvalue weighted by molar-refractivity contribution is 5.88. The number of hydrogen-bond acceptors (Lipinski definition) is 3. The van der Waals surface area contributed by atoms with Crippen molar-refractivity contribution < 1.29 is 19.5 Å². The summed E-state index contributed by atoms with van der Waals surface area (Å²) in [4.78, 5) is 35.2. The van der Waals surface area contributed by atoms with Crippen molar-refractivity contribution in [3.05, 3.63) is 0 Å². The van der Waals surface area contributed by atoms with Gasteiger partial charge in [-0.1, -0.05) is 6.42 Å². The summed E-state index contributed by atoms with van der Waals surface area (Å²) in [5.41, 5.74) is -0.895. The van der Waals surface area contributed by atoms with Gasteiger partial charge in [0.2, 0.25) is 11.8 Å². The lowest BCUT2D eigenvalue weighted by Gasteiger charge is -2.37. The Morgan fingerprint density at radius 3 is 2.29 bits per heavy atom. The Hall–Kier alpha value is -1.59. The predicted octanol–water partition coefficient (Wildman–Crippen LogP) is -0.164. The van der Waals surface area contributed by atoms with Gasteiger partial charge in [-0.3, -0.25) is 14.4 Å². The zero-order valence-corrected chi connectivity index (χ0v) is 10.2. The fraction of sp³-hybridized carbons (Fsp3) is 0.727. The van der Waals surface area contributed by atoms with Crippen LogP contribution in [0, 0.1) is 5.41 Å². The van der Waals surface area contributed by atoms with Crippen LogP contribution in [0.4, 0.5) is 0 Å². The van der Waals surface area contributed by atoms with Gasteiger partial charge in [-0.25, -0.2) is 0 Å². The molecule has 0 aromatic rings. The summed E-state index contributed by atoms with van der Waals surface area (Å²) in [5, 5.41) is 11.5. The third kappa shape index (κ3) is 2.95. The zero-order valence-electron chi connectivity index (χ0n) is 10.2. The third-order valence-corrected chi connectivity index (χ3v) is 3.34. The van der Waals surface area contributed by atoms with E-state index in [1.54, 1.807) is 0 Å². The summed E-state index contributed by atoms with van der Waals surface area (Å²) >= 11 is 0. The maximum Gasteiger partial charge on any atom is 0.310 e. The molecule has 1 rings (SSSR count). The molecule has 0 aromatic carbocycles. The predicted molar refractivity (Wildman–Crippen MR) is 60.2 cm³/mol. The van der Waals surface area contributed by atoms with Crippen LogP contribution in [-0.4, -0.2) is 48.4 Å². The topological polar surface area (TPSA) is 86.7 Å². The van der Waals surface area contributed by atoms with Gasteiger partial charge in [-0.2, -0.15) is 0 Å². The van der Waals surface area contributed by atoms with Gasteiger partial charge in [-0.15, -0.1) is 0 Å². The Morgan fingerprint density at radius 1 is 1.35 bits per heavy atom. The van der Waals surface area contributed by atoms with Gasteiger partial charge < -0.3 is 15.3 Å². The van der Waals surface area contributed by atoms with Crippen LogP contribution in [0.25, 0.3) is 0 Å². The molecule has 6 heteroatoms. The minimum atomic E-state index is -0.912. The van der Waals surface area contributed by atoms with Crippen molar-refractivity contribution in [1.29, 1.82) is 0 Å². The maximum atomic E-state index is 11.8. The fourth-order valence-electron chi connectivity index (χ4n) is 1.88. The number of aliphatic carboxylic acids is 1. The highest BCUT2D eigenvalue weighted by Crippen LogP contribution is 2.44. The monoisotopic (exact) mass is 242 g/mol. The van der Waals surface area contributed by atoms with Crippen molar-refractivity contribution in [2.24, 2.45) is 5.41 Å². The minimum absolute atomic E-state index is 0.0180. The van der Waals surface area contributed by atoms with Crippen molar-refractivity contribution in [1.82, 2.24) is 10.2 Å². The van der Waals surface area contributed by atoms with Gasteiger partial charge in [-0.05, 0) is 12.8 Å². The van der Waals surface area contributed by atoms with Gasteiger partial charge in [0.05, 0.1) is 12.0 Å². The molecular formula is C11H18N2O4. The molecule has 0 radical (unpaired) electrons. The smallest absolute Gasteiger partial charge is 0.310 e. The molecule has 1 aliphatic carbocycles. The summed E-state index contributed by atoms with van der Waals surface area (Å²) in [7, 11) is 3.00. The van der Waals surface area contributed by atoms with Crippen LogP contribution >= 0.6 is 0 Å². The van der Waals surface area contributed by atoms with Crippen LogP contribution in [0.2, 0.25) is 0 Å². The van der Waals surface area contributed by atoms with Gasteiger partial charge in [0.1, 0.15) is 0 Å². The molecule has 0 atom stereocenters. The molecule has 17 heavy (non-hydrogen) atoms. The van der Waals surface area contributed by atoms with Crippen LogP contribution < -0.4 is 5.32 Å². The average molecular weight is 242 g/mol. The molecule has 96 valence electrons. The first kappa shape index (κ1) is 13.5. The van der Waals surface area contributed by atoms with Gasteiger partial charge in [0.15, 0.2) is 0 Å². The Kier molecular flexibility index (Phi) is 4.09. The molecule has 6 nitrogen and oxygen atoms in total. The maximum absolute atomic E-state index is 11.8. The number of nitrogens with zero attached hydrogens (tertiary/aromatic N) is 1. The molecule has 0 heterocycles. The number of carbonyl (C=O) groups is 3. The lowest BCUT2D eigenvalue weighted by molar-refractivity contribution is -0.159. The largest absolute Gasteiger partial charge is 0.481 e. The minimum Gasteiger partial charge on any atom is -0.481 e. The summed E-state index contributed by atoms with van der Waals surface area (Å²) in [6.45, 7) is -0.0367. The number of carboxylic acids is 1. The first-order valence-electron chi connectivity index (χ1n) is 5.59. The molecule has 0 saturated heterocycles. The number of likely N-dealkylation sites (N-methyl/N-ethyl adjacent to an activating group) is 2. The van der Waals surface area contributed by atoms with E-state index in [4.69, 9.17) is 5.11 Å². The number of rotatable bonds is 5. The van der Waals surface area contributed by atoms with E-state index in [1.807, 2.05) is 0 Å². The van der Waals surface area contributed by atoms with E-state index in [2.05, 4.69) is 5.32 Å². The molecule has 0 spiro atoms. The number of carboxylic acid groups (broad SMARTS) is 1. The Morgan fingerprint density at radius 2 is 1.94 bits per heavy atom. The third-order valence-electron chi connectivity index (χ3n) is 3.34. The molecule has 0 aliphatic heterocycles. The van der Waals surface area contributed by atoms with Gasteiger partial charge >= 0.3 is 5.97 Å². The van der Waals surface area contributed by atoms with E-state index >= 15 is 0 Å². The molecule has 0 unspecified atom stereocenters. The zero-order chi connectivity index (χ0) is 13.1. The average Bonchev–Trinajstić information content (AvgIpc) is 2.22. The molecule has 1 aliphatic rings. The molecule has 2 N–H and O–H groups in total. The van der Waals surface area contributed by atoms with Crippen molar-refractivity contribution in [3.8, 4) is 0 Å². The van der Waals surface area contributed by atoms with Crippen LogP contribution in [0.5, 0.6) is 0 Å². The Balaban J connectivity index is 2.53. The SMILES string of the molecule is CNC(=O)CN(C)C(=O)CC1(C(=O)O)CCC1. The van der Waals surface area contributed by atoms with E-state index < -0.39 is 11.4 Å². The van der Waals surface area contributed by atoms with Gasteiger partial charge in [0.25, 0.3) is 0 Å². The van der Waals surface area contributed by atoms with Gasteiger partial charge in [0, 0.05) is 20.5 Å². The summed E-state index contributed by atoms with van der Waals surface area (Å²) in [6, 6.07) is 0. The van der Waals surface area contributed by atoms with E-state index in [0.717, 1.165) is 6.42 Å². The molecular weight excluding hydrogens is 224 g/mol. The highest BCUT2D eigenvalue weighted by Gasteiger charge is 2.46. The van der Waals surface area contributed by atoms with Crippen LogP contribution in [0.1, 0.15) is 25.7 Å². The molecule has 0 aromatic heterocycles. The van der Waals surface area contributed by atoms with Crippen molar-refractivity contribution in [2.75, 3.05) is 20.6 Å². The molecule has 1 fully saturated rings. The van der Waals surface area contributed by atoms with E-state index in [9.17, 15) is 14.4 Å². The molecule has 2 amide bonds. The molecule has 1 saturated carbocycles. The quantitative estimate of drug-likeness (QED) is 0.701. The second-order valence-corrected chi connectivity index (χ2v) is 4.54. The highest BCUT2D eigenvalue weighted by atomic mass is 16.4. The lowest BCUT2D eigenvalue weighted by Crippen LogP contribution is -2.44. The first-order valence-corrected chi connectivity index (χ1v) is 5.59. The number of amides is 2. The fourth-order valence-corrected chi connectivity index (χ4v) is 1.88. The second kappa shape index (κ2) is 5.16. The van der Waals surface area contributed by atoms with Crippen molar-refractivity contribution in [2.45, 2.75) is 25.7 Å². The summed E-state index contributed by atoms with van der Waals surface area (Å²) in [5.74, 6) is -1.47. The van der Waals surface area contributed by atoms with Crippen molar-refractivity contribution in [3.63, 3.8) is 0 Å². The molecule has 0 bridgehead atoms. The lowest BCUT2D eigenvalue weighted by atomic mass is 9.66. The number of nitrogens with one attached hydrogen (secondary N) is 1. The standard InChI is InChI=1S/C11H18N2O4/c1-12-8(14)7-13(2)9(15)6-11(10(16)17)4-3-5-11/h3-7H2,1-2H3,(H,12,14)(H,16,17). The number of hydrogen-bond donors (Lipinski definition) is 2. The normalized spacial score (nSPS) is 16.8. The number of carbonyl (C=O) groups excluding carboxylic acids is 2.